The van der Waals surface area contributed by atoms with Crippen molar-refractivity contribution in [3.63, 3.8) is 0 Å². The molecule has 3 rings (SSSR count). The van der Waals surface area contributed by atoms with Crippen LogP contribution in [0, 0.1) is 0 Å². The fourth-order valence-corrected chi connectivity index (χ4v) is 4.38. The second-order valence-electron chi connectivity index (χ2n) is 8.08. The Kier molecular flexibility index (Phi) is 8.83. The molecule has 0 bridgehead atoms. The van der Waals surface area contributed by atoms with Crippen molar-refractivity contribution in [1.29, 1.82) is 0 Å². The maximum atomic E-state index is 13.1. The predicted octanol–water partition coefficient (Wildman–Crippen LogP) is 4.19. The monoisotopic (exact) mass is 439 g/mol. The summed E-state index contributed by atoms with van der Waals surface area (Å²) in [5.74, 6) is 0.543. The maximum absolute atomic E-state index is 13.1. The molecule has 166 valence electrons. The van der Waals surface area contributed by atoms with Crippen molar-refractivity contribution in [3.8, 4) is 0 Å². The van der Waals surface area contributed by atoms with E-state index in [1.54, 1.807) is 28.8 Å². The molecule has 1 N–H and O–H groups in total. The van der Waals surface area contributed by atoms with Crippen molar-refractivity contribution in [3.05, 3.63) is 65.7 Å². The van der Waals surface area contributed by atoms with E-state index in [-0.39, 0.29) is 11.8 Å². The van der Waals surface area contributed by atoms with Crippen LogP contribution in [0.4, 0.5) is 5.69 Å². The first-order valence-electron chi connectivity index (χ1n) is 11.0. The summed E-state index contributed by atoms with van der Waals surface area (Å²) in [6, 6.07) is 17.0. The van der Waals surface area contributed by atoms with Crippen LogP contribution in [-0.4, -0.2) is 54.9 Å². The molecule has 1 heterocycles. The molecule has 5 nitrogen and oxygen atoms in total. The van der Waals surface area contributed by atoms with Gasteiger partial charge >= 0.3 is 0 Å². The van der Waals surface area contributed by atoms with Crippen LogP contribution >= 0.6 is 11.8 Å². The van der Waals surface area contributed by atoms with Gasteiger partial charge in [0.25, 0.3) is 5.91 Å². The number of carbonyl (C=O) groups excluding carboxylic acids is 2. The minimum Gasteiger partial charge on any atom is -0.372 e. The van der Waals surface area contributed by atoms with Crippen LogP contribution in [-0.2, 0) is 11.3 Å². The fraction of sp³-hybridized carbons (Fsp3) is 0.440. The van der Waals surface area contributed by atoms with Gasteiger partial charge in [0.1, 0.15) is 6.04 Å². The van der Waals surface area contributed by atoms with Crippen LogP contribution in [0.2, 0.25) is 0 Å². The predicted molar refractivity (Wildman–Crippen MR) is 130 cm³/mol. The molecule has 1 aliphatic heterocycles. The zero-order chi connectivity index (χ0) is 22.1. The molecule has 31 heavy (non-hydrogen) atoms. The number of hydrogen-bond donors (Lipinski definition) is 1. The molecule has 0 saturated carbocycles. The van der Waals surface area contributed by atoms with Gasteiger partial charge in [-0.3, -0.25) is 9.59 Å². The summed E-state index contributed by atoms with van der Waals surface area (Å²) < 4.78 is 0. The smallest absolute Gasteiger partial charge is 0.251 e. The molecule has 1 aliphatic rings. The van der Waals surface area contributed by atoms with Gasteiger partial charge in [0.2, 0.25) is 5.91 Å². The molecule has 1 saturated heterocycles. The van der Waals surface area contributed by atoms with Gasteiger partial charge in [-0.1, -0.05) is 30.3 Å². The van der Waals surface area contributed by atoms with E-state index in [4.69, 9.17) is 0 Å². The number of amides is 2. The van der Waals surface area contributed by atoms with Gasteiger partial charge in [-0.2, -0.15) is 11.8 Å². The average molecular weight is 440 g/mol. The zero-order valence-corrected chi connectivity index (χ0v) is 19.4. The SMILES string of the molecule is CSCCC(NC(=O)c1ccccc1)C(=O)N(C)Cc1ccc(N2CCCCC2)cc1. The highest BCUT2D eigenvalue weighted by Crippen LogP contribution is 2.21. The molecule has 2 aromatic rings. The van der Waals surface area contributed by atoms with Gasteiger partial charge in [-0.25, -0.2) is 0 Å². The van der Waals surface area contributed by atoms with Crippen LogP contribution in [0.1, 0.15) is 41.6 Å². The third kappa shape index (κ3) is 6.76. The standard InChI is InChI=1S/C25H33N3O2S/c1-27(19-20-11-13-22(14-12-20)28-16-7-4-8-17-28)25(30)23(15-18-31-2)26-24(29)21-9-5-3-6-10-21/h3,5-6,9-14,23H,4,7-8,15-19H2,1-2H3,(H,26,29). The molecule has 0 aliphatic carbocycles. The van der Waals surface area contributed by atoms with Crippen LogP contribution in [0.5, 0.6) is 0 Å². The number of nitrogens with one attached hydrogen (secondary N) is 1. The largest absolute Gasteiger partial charge is 0.372 e. The topological polar surface area (TPSA) is 52.7 Å². The van der Waals surface area contributed by atoms with Gasteiger partial charge in [-0.05, 0) is 67.5 Å². The number of carbonyl (C=O) groups is 2. The molecule has 1 atom stereocenters. The van der Waals surface area contributed by atoms with Crippen LogP contribution in [0.15, 0.2) is 54.6 Å². The lowest BCUT2D eigenvalue weighted by atomic mass is 10.1. The lowest BCUT2D eigenvalue weighted by Crippen LogP contribution is -2.47. The Morgan fingerprint density at radius 2 is 1.71 bits per heavy atom. The number of piperidine rings is 1. The first-order valence-corrected chi connectivity index (χ1v) is 12.4. The number of benzene rings is 2. The summed E-state index contributed by atoms with van der Waals surface area (Å²) in [6.07, 6.45) is 6.45. The van der Waals surface area contributed by atoms with E-state index in [9.17, 15) is 9.59 Å². The molecule has 0 radical (unpaired) electrons. The van der Waals surface area contributed by atoms with E-state index >= 15 is 0 Å². The molecule has 0 spiro atoms. The summed E-state index contributed by atoms with van der Waals surface area (Å²) in [7, 11) is 1.81. The van der Waals surface area contributed by atoms with Crippen LogP contribution in [0.3, 0.4) is 0 Å². The first kappa shape index (κ1) is 23.2. The lowest BCUT2D eigenvalue weighted by Gasteiger charge is -2.29. The number of hydrogen-bond acceptors (Lipinski definition) is 4. The number of rotatable bonds is 9. The van der Waals surface area contributed by atoms with Crippen molar-refractivity contribution < 1.29 is 9.59 Å². The third-order valence-electron chi connectivity index (χ3n) is 5.70. The Bertz CT molecular complexity index is 836. The van der Waals surface area contributed by atoms with E-state index < -0.39 is 6.04 Å². The molecule has 6 heteroatoms. The molecule has 2 aromatic carbocycles. The summed E-state index contributed by atoms with van der Waals surface area (Å²) in [5.41, 5.74) is 2.92. The molecule has 1 unspecified atom stereocenters. The van der Waals surface area contributed by atoms with Gasteiger partial charge in [-0.15, -0.1) is 0 Å². The number of nitrogens with zero attached hydrogens (tertiary/aromatic N) is 2. The quantitative estimate of drug-likeness (QED) is 0.637. The van der Waals surface area contributed by atoms with Gasteiger partial charge < -0.3 is 15.1 Å². The minimum absolute atomic E-state index is 0.0570. The Balaban J connectivity index is 1.61. The number of anilines is 1. The highest BCUT2D eigenvalue weighted by molar-refractivity contribution is 7.98. The number of thioether (sulfide) groups is 1. The van der Waals surface area contributed by atoms with Gasteiger partial charge in [0, 0.05) is 37.9 Å². The van der Waals surface area contributed by atoms with Crippen LogP contribution in [0.25, 0.3) is 0 Å². The summed E-state index contributed by atoms with van der Waals surface area (Å²) in [4.78, 5) is 29.9. The lowest BCUT2D eigenvalue weighted by molar-refractivity contribution is -0.132. The summed E-state index contributed by atoms with van der Waals surface area (Å²) in [6.45, 7) is 2.77. The Hall–Kier alpha value is -2.47. The summed E-state index contributed by atoms with van der Waals surface area (Å²) in [5, 5.41) is 2.94. The Morgan fingerprint density at radius 3 is 2.35 bits per heavy atom. The normalized spacial score (nSPS) is 14.7. The molecular formula is C25H33N3O2S. The molecule has 2 amide bonds. The van der Waals surface area contributed by atoms with Crippen LogP contribution < -0.4 is 10.2 Å². The second kappa shape index (κ2) is 11.8. The highest BCUT2D eigenvalue weighted by atomic mass is 32.2. The van der Waals surface area contributed by atoms with Crippen molar-refractivity contribution in [1.82, 2.24) is 10.2 Å². The van der Waals surface area contributed by atoms with Gasteiger partial charge in [0.15, 0.2) is 0 Å². The second-order valence-corrected chi connectivity index (χ2v) is 9.07. The van der Waals surface area contributed by atoms with Crippen molar-refractivity contribution in [2.75, 3.05) is 37.0 Å². The number of likely N-dealkylation sites (N-methyl/N-ethyl adjacent to an activating group) is 1. The molecule has 0 aromatic heterocycles. The van der Waals surface area contributed by atoms with E-state index in [1.807, 2.05) is 31.5 Å². The fourth-order valence-electron chi connectivity index (χ4n) is 3.91. The van der Waals surface area contributed by atoms with E-state index in [0.29, 0.717) is 18.5 Å². The highest BCUT2D eigenvalue weighted by Gasteiger charge is 2.24. The maximum Gasteiger partial charge on any atom is 0.251 e. The van der Waals surface area contributed by atoms with E-state index in [1.165, 1.54) is 24.9 Å². The van der Waals surface area contributed by atoms with E-state index in [0.717, 1.165) is 24.4 Å². The van der Waals surface area contributed by atoms with Crippen molar-refractivity contribution >= 4 is 29.3 Å². The summed E-state index contributed by atoms with van der Waals surface area (Å²) >= 11 is 1.67. The minimum atomic E-state index is -0.530. The molecular weight excluding hydrogens is 406 g/mol. The zero-order valence-electron chi connectivity index (χ0n) is 18.5. The van der Waals surface area contributed by atoms with Gasteiger partial charge in [0.05, 0.1) is 0 Å². The van der Waals surface area contributed by atoms with E-state index in [2.05, 4.69) is 34.5 Å². The average Bonchev–Trinajstić information content (AvgIpc) is 2.82. The Labute approximate surface area is 190 Å². The first-order chi connectivity index (χ1) is 15.1. The third-order valence-corrected chi connectivity index (χ3v) is 6.35. The van der Waals surface area contributed by atoms with Crippen molar-refractivity contribution in [2.24, 2.45) is 0 Å². The van der Waals surface area contributed by atoms with Crippen molar-refractivity contribution in [2.45, 2.75) is 38.3 Å². The Morgan fingerprint density at radius 1 is 1.03 bits per heavy atom. The molecule has 1 fully saturated rings.